The maximum absolute atomic E-state index is 5.42. The third-order valence-electron chi connectivity index (χ3n) is 4.07. The van der Waals surface area contributed by atoms with E-state index < -0.39 is 0 Å². The summed E-state index contributed by atoms with van der Waals surface area (Å²) in [4.78, 5) is 4.50. The zero-order chi connectivity index (χ0) is 16.8. The van der Waals surface area contributed by atoms with Crippen molar-refractivity contribution in [3.05, 3.63) is 36.0 Å². The second-order valence-electron chi connectivity index (χ2n) is 5.68. The van der Waals surface area contributed by atoms with Crippen molar-refractivity contribution in [3.8, 4) is 28.5 Å². The van der Waals surface area contributed by atoms with Gasteiger partial charge in [0.15, 0.2) is 11.5 Å². The van der Waals surface area contributed by atoms with E-state index in [1.165, 1.54) is 12.0 Å². The Hall–Kier alpha value is -2.23. The van der Waals surface area contributed by atoms with E-state index >= 15 is 0 Å². The number of benzene rings is 1. The summed E-state index contributed by atoms with van der Waals surface area (Å²) in [6.45, 7) is 4.48. The molecule has 1 atom stereocenters. The van der Waals surface area contributed by atoms with Gasteiger partial charge in [0.1, 0.15) is 0 Å². The molecule has 4 nitrogen and oxygen atoms in total. The summed E-state index contributed by atoms with van der Waals surface area (Å²) in [6.07, 6.45) is 4.08. The van der Waals surface area contributed by atoms with E-state index in [9.17, 15) is 0 Å². The monoisotopic (exact) mass is 315 g/mol. The van der Waals surface area contributed by atoms with E-state index in [1.54, 1.807) is 21.3 Å². The smallest absolute Gasteiger partial charge is 0.203 e. The van der Waals surface area contributed by atoms with Crippen LogP contribution in [0, 0.1) is 5.92 Å². The van der Waals surface area contributed by atoms with Gasteiger partial charge < -0.3 is 14.2 Å². The van der Waals surface area contributed by atoms with E-state index in [0.29, 0.717) is 23.2 Å². The lowest BCUT2D eigenvalue weighted by Gasteiger charge is -2.14. The van der Waals surface area contributed by atoms with Gasteiger partial charge in [-0.2, -0.15) is 0 Å². The van der Waals surface area contributed by atoms with Crippen molar-refractivity contribution >= 4 is 0 Å². The standard InChI is InChI=1S/C19H25NO3/c1-6-13(2)9-14-7-8-20-16(10-14)15-11-17(21-3)19(23-5)18(12-15)22-4/h7-8,10-13H,6,9H2,1-5H3. The van der Waals surface area contributed by atoms with E-state index in [1.807, 2.05) is 18.3 Å². The zero-order valence-electron chi connectivity index (χ0n) is 14.6. The van der Waals surface area contributed by atoms with Crippen LogP contribution in [0.15, 0.2) is 30.5 Å². The summed E-state index contributed by atoms with van der Waals surface area (Å²) in [5, 5.41) is 0. The van der Waals surface area contributed by atoms with Crippen LogP contribution in [0.3, 0.4) is 0 Å². The molecule has 1 heterocycles. The average Bonchev–Trinajstić information content (AvgIpc) is 2.60. The molecule has 1 unspecified atom stereocenters. The minimum atomic E-state index is 0.592. The predicted octanol–water partition coefficient (Wildman–Crippen LogP) is 4.36. The average molecular weight is 315 g/mol. The number of methoxy groups -OCH3 is 3. The third kappa shape index (κ3) is 3.95. The number of ether oxygens (including phenoxy) is 3. The summed E-state index contributed by atoms with van der Waals surface area (Å²) in [6, 6.07) is 8.06. The molecule has 4 heteroatoms. The van der Waals surface area contributed by atoms with Crippen molar-refractivity contribution < 1.29 is 14.2 Å². The van der Waals surface area contributed by atoms with Gasteiger partial charge in [0.05, 0.1) is 27.0 Å². The van der Waals surface area contributed by atoms with Crippen molar-refractivity contribution in [1.29, 1.82) is 0 Å². The first-order valence-electron chi connectivity index (χ1n) is 7.88. The van der Waals surface area contributed by atoms with Gasteiger partial charge in [0, 0.05) is 11.8 Å². The van der Waals surface area contributed by atoms with Crippen LogP contribution in [0.1, 0.15) is 25.8 Å². The van der Waals surface area contributed by atoms with Gasteiger partial charge in [-0.05, 0) is 42.2 Å². The Balaban J connectivity index is 2.43. The van der Waals surface area contributed by atoms with Crippen molar-refractivity contribution in [2.75, 3.05) is 21.3 Å². The Bertz CT molecular complexity index is 630. The third-order valence-corrected chi connectivity index (χ3v) is 4.07. The second-order valence-corrected chi connectivity index (χ2v) is 5.68. The lowest BCUT2D eigenvalue weighted by Crippen LogP contribution is -1.99. The fourth-order valence-electron chi connectivity index (χ4n) is 2.53. The number of rotatable bonds is 7. The lowest BCUT2D eigenvalue weighted by molar-refractivity contribution is 0.324. The van der Waals surface area contributed by atoms with Crippen molar-refractivity contribution in [1.82, 2.24) is 4.98 Å². The lowest BCUT2D eigenvalue weighted by atomic mass is 9.98. The second kappa shape index (κ2) is 7.86. The first-order chi connectivity index (χ1) is 11.1. The predicted molar refractivity (Wildman–Crippen MR) is 92.5 cm³/mol. The van der Waals surface area contributed by atoms with Gasteiger partial charge in [-0.25, -0.2) is 0 Å². The van der Waals surface area contributed by atoms with Crippen LogP contribution in [0.25, 0.3) is 11.3 Å². The molecule has 2 aromatic rings. The highest BCUT2D eigenvalue weighted by Crippen LogP contribution is 2.40. The van der Waals surface area contributed by atoms with E-state index in [0.717, 1.165) is 17.7 Å². The van der Waals surface area contributed by atoms with E-state index in [4.69, 9.17) is 14.2 Å². The molecule has 1 aromatic carbocycles. The molecule has 0 radical (unpaired) electrons. The molecule has 0 fully saturated rings. The van der Waals surface area contributed by atoms with E-state index in [2.05, 4.69) is 31.0 Å². The molecule has 0 bridgehead atoms. The molecule has 0 N–H and O–H groups in total. The largest absolute Gasteiger partial charge is 0.493 e. The molecule has 2 rings (SSSR count). The fourth-order valence-corrected chi connectivity index (χ4v) is 2.53. The number of hydrogen-bond donors (Lipinski definition) is 0. The molecule has 1 aromatic heterocycles. The molecule has 124 valence electrons. The minimum Gasteiger partial charge on any atom is -0.493 e. The van der Waals surface area contributed by atoms with Crippen LogP contribution in [-0.4, -0.2) is 26.3 Å². The van der Waals surface area contributed by atoms with Gasteiger partial charge in [0.25, 0.3) is 0 Å². The Morgan fingerprint density at radius 3 is 2.17 bits per heavy atom. The van der Waals surface area contributed by atoms with Crippen LogP contribution in [0.2, 0.25) is 0 Å². The molecule has 23 heavy (non-hydrogen) atoms. The van der Waals surface area contributed by atoms with Crippen LogP contribution >= 0.6 is 0 Å². The van der Waals surface area contributed by atoms with Crippen LogP contribution in [0.5, 0.6) is 17.2 Å². The molecule has 0 aliphatic heterocycles. The number of nitrogens with zero attached hydrogens (tertiary/aromatic N) is 1. The normalized spacial score (nSPS) is 11.9. The number of hydrogen-bond acceptors (Lipinski definition) is 4. The summed E-state index contributed by atoms with van der Waals surface area (Å²) in [7, 11) is 4.84. The zero-order valence-corrected chi connectivity index (χ0v) is 14.6. The van der Waals surface area contributed by atoms with Crippen molar-refractivity contribution in [2.45, 2.75) is 26.7 Å². The Kier molecular flexibility index (Phi) is 5.85. The molecule has 0 amide bonds. The molecule has 0 saturated heterocycles. The van der Waals surface area contributed by atoms with Gasteiger partial charge in [-0.3, -0.25) is 4.98 Å². The first kappa shape index (κ1) is 17.1. The topological polar surface area (TPSA) is 40.6 Å². The summed E-state index contributed by atoms with van der Waals surface area (Å²) < 4.78 is 16.2. The SMILES string of the molecule is CCC(C)Cc1ccnc(-c2cc(OC)c(OC)c(OC)c2)c1. The molecule has 0 aliphatic carbocycles. The maximum Gasteiger partial charge on any atom is 0.203 e. The van der Waals surface area contributed by atoms with Crippen LogP contribution < -0.4 is 14.2 Å². The van der Waals surface area contributed by atoms with Gasteiger partial charge in [-0.1, -0.05) is 20.3 Å². The summed E-state index contributed by atoms with van der Waals surface area (Å²) in [5.41, 5.74) is 3.15. The fraction of sp³-hybridized carbons (Fsp3) is 0.421. The molecular weight excluding hydrogens is 290 g/mol. The molecule has 0 spiro atoms. The Morgan fingerprint density at radius 2 is 1.65 bits per heavy atom. The highest BCUT2D eigenvalue weighted by Gasteiger charge is 2.15. The molecule has 0 aliphatic rings. The van der Waals surface area contributed by atoms with Crippen molar-refractivity contribution in [2.24, 2.45) is 5.92 Å². The minimum absolute atomic E-state index is 0.592. The maximum atomic E-state index is 5.42. The summed E-state index contributed by atoms with van der Waals surface area (Å²) >= 11 is 0. The first-order valence-corrected chi connectivity index (χ1v) is 7.88. The van der Waals surface area contributed by atoms with Gasteiger partial charge >= 0.3 is 0 Å². The van der Waals surface area contributed by atoms with Gasteiger partial charge in [0.2, 0.25) is 5.75 Å². The number of pyridine rings is 1. The number of aromatic nitrogens is 1. The summed E-state index contributed by atoms with van der Waals surface area (Å²) in [5.74, 6) is 2.52. The Morgan fingerprint density at radius 1 is 1.00 bits per heavy atom. The van der Waals surface area contributed by atoms with Gasteiger partial charge in [-0.15, -0.1) is 0 Å². The Labute approximate surface area is 138 Å². The van der Waals surface area contributed by atoms with Crippen LogP contribution in [0.4, 0.5) is 0 Å². The molecular formula is C19H25NO3. The van der Waals surface area contributed by atoms with Crippen molar-refractivity contribution in [3.63, 3.8) is 0 Å². The highest BCUT2D eigenvalue weighted by molar-refractivity contribution is 5.69. The van der Waals surface area contributed by atoms with Crippen LogP contribution in [-0.2, 0) is 6.42 Å². The quantitative estimate of drug-likeness (QED) is 0.761. The highest BCUT2D eigenvalue weighted by atomic mass is 16.5. The molecule has 0 saturated carbocycles. The van der Waals surface area contributed by atoms with E-state index in [-0.39, 0.29) is 0 Å².